The molecule has 0 unspecified atom stereocenters. The number of fused-ring (bicyclic) bond motifs is 8. The molecule has 8 bridgehead atoms. The third-order valence-corrected chi connectivity index (χ3v) is 12.4. The number of aromatic hydroxyl groups is 2. The van der Waals surface area contributed by atoms with Gasteiger partial charge in [0.05, 0.1) is 14.2 Å². The minimum Gasteiger partial charge on any atom is -0.507 e. The SMILES string of the molecule is COc1c2cc(C(C)(C)C)cc1[C@@H](C(C)(C)C)c1cc(C(C)(C)C)cc(c1O)Cc1cc(C(C)(C)C)cc(c1OC)[C@@H](C(C)(C)C)c1cc(C(C)(C)C)cc(c1O)C2. The predicted molar refractivity (Wildman–Crippen MR) is 245 cm³/mol. The van der Waals surface area contributed by atoms with Crippen molar-refractivity contribution in [3.05, 3.63) is 115 Å². The van der Waals surface area contributed by atoms with Crippen LogP contribution in [0.1, 0.15) is 203 Å². The normalized spacial score (nSPS) is 17.0. The van der Waals surface area contributed by atoms with Crippen LogP contribution in [-0.2, 0) is 34.5 Å². The van der Waals surface area contributed by atoms with Gasteiger partial charge in [0.2, 0.25) is 0 Å². The average Bonchev–Trinajstić information content (AvgIpc) is 3.04. The Kier molecular flexibility index (Phi) is 11.7. The Morgan fingerprint density at radius 2 is 0.621 bits per heavy atom. The fourth-order valence-corrected chi connectivity index (χ4v) is 9.11. The number of hydrogen-bond acceptors (Lipinski definition) is 4. The summed E-state index contributed by atoms with van der Waals surface area (Å²) in [6, 6.07) is 18.1. The Morgan fingerprint density at radius 3 is 0.845 bits per heavy atom. The van der Waals surface area contributed by atoms with Gasteiger partial charge in [-0.1, -0.05) is 173 Å². The molecule has 0 saturated carbocycles. The van der Waals surface area contributed by atoms with Crippen LogP contribution in [0.2, 0.25) is 0 Å². The van der Waals surface area contributed by atoms with E-state index in [1.165, 1.54) is 22.3 Å². The van der Waals surface area contributed by atoms with Crippen molar-refractivity contribution in [2.45, 2.75) is 171 Å². The van der Waals surface area contributed by atoms with Crippen molar-refractivity contribution in [3.63, 3.8) is 0 Å². The Morgan fingerprint density at radius 1 is 0.379 bits per heavy atom. The summed E-state index contributed by atoms with van der Waals surface area (Å²) in [5, 5.41) is 25.7. The molecule has 1 aliphatic rings. The Balaban J connectivity index is 2.13. The van der Waals surface area contributed by atoms with Crippen LogP contribution >= 0.6 is 0 Å². The van der Waals surface area contributed by atoms with Crippen molar-refractivity contribution in [3.8, 4) is 23.0 Å². The zero-order chi connectivity index (χ0) is 43.9. The first-order chi connectivity index (χ1) is 26.3. The van der Waals surface area contributed by atoms with E-state index in [-0.39, 0.29) is 44.3 Å². The summed E-state index contributed by atoms with van der Waals surface area (Å²) in [7, 11) is 3.54. The monoisotopic (exact) mass is 789 g/mol. The molecule has 1 aliphatic carbocycles. The van der Waals surface area contributed by atoms with Gasteiger partial charge < -0.3 is 19.7 Å². The lowest BCUT2D eigenvalue weighted by Gasteiger charge is -2.37. The summed E-state index contributed by atoms with van der Waals surface area (Å²) in [5.41, 5.74) is 11.0. The van der Waals surface area contributed by atoms with Gasteiger partial charge >= 0.3 is 0 Å². The smallest absolute Gasteiger partial charge is 0.126 e. The van der Waals surface area contributed by atoms with Crippen molar-refractivity contribution < 1.29 is 19.7 Å². The molecular formula is C54H76O4. The minimum atomic E-state index is -0.323. The molecule has 2 N–H and O–H groups in total. The standard InChI is InChI=1S/C54H76O4/c1-49(2,3)35-23-31-21-33-25-37(51(7,8)9)30-42(47(33)57-19)44(54(16,17)18)40-28-36(50(4,5)6)24-32(46(40)56)22-34-26-38(52(10,11)12)29-41(48(34)58-20)43(53(13,14)15)39(27-35)45(31)55/h23-30,43-44,55-56H,21-22H2,1-20H3/t43-,44-/m0/s1. The largest absolute Gasteiger partial charge is 0.507 e. The van der Waals surface area contributed by atoms with Crippen molar-refractivity contribution in [1.29, 1.82) is 0 Å². The van der Waals surface area contributed by atoms with E-state index in [4.69, 9.17) is 9.47 Å². The first-order valence-electron chi connectivity index (χ1n) is 21.4. The van der Waals surface area contributed by atoms with Gasteiger partial charge in [0.25, 0.3) is 0 Å². The summed E-state index contributed by atoms with van der Waals surface area (Å²) in [4.78, 5) is 0. The molecule has 4 heteroatoms. The molecule has 4 aromatic rings. The van der Waals surface area contributed by atoms with Crippen molar-refractivity contribution >= 4 is 0 Å². The van der Waals surface area contributed by atoms with E-state index in [1.807, 2.05) is 0 Å². The van der Waals surface area contributed by atoms with Gasteiger partial charge in [-0.2, -0.15) is 0 Å². The lowest BCUT2D eigenvalue weighted by Crippen LogP contribution is -2.25. The van der Waals surface area contributed by atoms with E-state index in [0.29, 0.717) is 24.3 Å². The highest BCUT2D eigenvalue weighted by molar-refractivity contribution is 5.62. The molecule has 0 aliphatic heterocycles. The third-order valence-electron chi connectivity index (χ3n) is 12.4. The summed E-state index contributed by atoms with van der Waals surface area (Å²) in [6.45, 7) is 40.6. The van der Waals surface area contributed by atoms with Crippen LogP contribution in [0, 0.1) is 10.8 Å². The lowest BCUT2D eigenvalue weighted by atomic mass is 9.67. The average molecular weight is 789 g/mol. The van der Waals surface area contributed by atoms with E-state index in [1.54, 1.807) is 14.2 Å². The molecule has 58 heavy (non-hydrogen) atoms. The van der Waals surface area contributed by atoms with Gasteiger partial charge in [0.1, 0.15) is 23.0 Å². The first-order valence-corrected chi connectivity index (χ1v) is 21.4. The van der Waals surface area contributed by atoms with Crippen LogP contribution < -0.4 is 9.47 Å². The number of benzene rings is 4. The molecule has 0 heterocycles. The number of phenols is 2. The minimum absolute atomic E-state index is 0.179. The summed E-state index contributed by atoms with van der Waals surface area (Å²) in [5.74, 6) is 1.79. The molecule has 0 aromatic heterocycles. The topological polar surface area (TPSA) is 58.9 Å². The maximum atomic E-state index is 12.8. The Hall–Kier alpha value is -3.92. The number of ether oxygens (including phenoxy) is 2. The third kappa shape index (κ3) is 8.83. The Bertz CT molecular complexity index is 2020. The van der Waals surface area contributed by atoms with Gasteiger partial charge in [-0.05, 0) is 77.0 Å². The molecule has 0 saturated heterocycles. The first kappa shape index (κ1) is 45.2. The molecule has 0 radical (unpaired) electrons. The van der Waals surface area contributed by atoms with E-state index in [2.05, 4.69) is 173 Å². The van der Waals surface area contributed by atoms with E-state index in [9.17, 15) is 10.2 Å². The maximum Gasteiger partial charge on any atom is 0.126 e. The molecule has 316 valence electrons. The van der Waals surface area contributed by atoms with Crippen LogP contribution in [0.15, 0.2) is 48.5 Å². The fraction of sp³-hybridized carbons (Fsp3) is 0.556. The predicted octanol–water partition coefficient (Wildman–Crippen LogP) is 14.2. The highest BCUT2D eigenvalue weighted by atomic mass is 16.5. The molecule has 0 amide bonds. The van der Waals surface area contributed by atoms with Gasteiger partial charge in [-0.3, -0.25) is 0 Å². The van der Waals surface area contributed by atoms with Crippen LogP contribution in [0.25, 0.3) is 0 Å². The molecular weight excluding hydrogens is 713 g/mol. The van der Waals surface area contributed by atoms with Gasteiger partial charge in [0.15, 0.2) is 0 Å². The quantitative estimate of drug-likeness (QED) is 0.212. The van der Waals surface area contributed by atoms with Gasteiger partial charge in [-0.25, -0.2) is 0 Å². The number of phenolic OH excluding ortho intramolecular Hbond substituents is 2. The van der Waals surface area contributed by atoms with Gasteiger partial charge in [-0.15, -0.1) is 0 Å². The summed E-state index contributed by atoms with van der Waals surface area (Å²) >= 11 is 0. The van der Waals surface area contributed by atoms with Crippen molar-refractivity contribution in [2.75, 3.05) is 14.2 Å². The van der Waals surface area contributed by atoms with Crippen LogP contribution in [0.5, 0.6) is 23.0 Å². The zero-order valence-corrected chi connectivity index (χ0v) is 39.9. The number of rotatable bonds is 2. The van der Waals surface area contributed by atoms with E-state index < -0.39 is 0 Å². The summed E-state index contributed by atoms with van der Waals surface area (Å²) in [6.07, 6.45) is 0.945. The Labute approximate surface area is 352 Å². The second-order valence-electron chi connectivity index (χ2n) is 23.6. The number of methoxy groups -OCH3 is 2. The molecule has 0 fully saturated rings. The van der Waals surface area contributed by atoms with Crippen LogP contribution in [0.3, 0.4) is 0 Å². The van der Waals surface area contributed by atoms with Crippen molar-refractivity contribution in [1.82, 2.24) is 0 Å². The molecule has 2 atom stereocenters. The van der Waals surface area contributed by atoms with E-state index >= 15 is 0 Å². The highest BCUT2D eigenvalue weighted by Gasteiger charge is 2.39. The van der Waals surface area contributed by atoms with E-state index in [0.717, 1.165) is 56.0 Å². The second kappa shape index (κ2) is 15.0. The maximum absolute atomic E-state index is 12.8. The molecule has 5 rings (SSSR count). The van der Waals surface area contributed by atoms with Crippen LogP contribution in [0.4, 0.5) is 0 Å². The number of hydrogen-bond donors (Lipinski definition) is 2. The molecule has 4 aromatic carbocycles. The zero-order valence-electron chi connectivity index (χ0n) is 39.9. The highest BCUT2D eigenvalue weighted by Crippen LogP contribution is 2.54. The van der Waals surface area contributed by atoms with Crippen LogP contribution in [-0.4, -0.2) is 24.4 Å². The summed E-state index contributed by atoms with van der Waals surface area (Å²) < 4.78 is 13.1. The molecule has 0 spiro atoms. The fourth-order valence-electron chi connectivity index (χ4n) is 9.11. The van der Waals surface area contributed by atoms with Crippen molar-refractivity contribution in [2.24, 2.45) is 10.8 Å². The lowest BCUT2D eigenvalue weighted by molar-refractivity contribution is 0.328. The van der Waals surface area contributed by atoms with Gasteiger partial charge in [0, 0.05) is 46.9 Å². The second-order valence-corrected chi connectivity index (χ2v) is 23.6. The molecule has 4 nitrogen and oxygen atoms in total.